The maximum atomic E-state index is 6.30. The average molecular weight is 330 g/mol. The van der Waals surface area contributed by atoms with Crippen molar-refractivity contribution in [2.45, 2.75) is 63.2 Å². The van der Waals surface area contributed by atoms with Crippen molar-refractivity contribution in [2.24, 2.45) is 5.92 Å². The maximum absolute atomic E-state index is 6.30. The highest BCUT2D eigenvalue weighted by Crippen LogP contribution is 2.43. The van der Waals surface area contributed by atoms with Crippen LogP contribution in [-0.2, 0) is 16.1 Å². The van der Waals surface area contributed by atoms with E-state index in [9.17, 15) is 0 Å². The van der Waals surface area contributed by atoms with Crippen LogP contribution in [0.5, 0.6) is 0 Å². The molecule has 1 atom stereocenters. The van der Waals surface area contributed by atoms with Crippen LogP contribution in [0.3, 0.4) is 0 Å². The van der Waals surface area contributed by atoms with Crippen LogP contribution in [0.1, 0.15) is 50.5 Å². The molecule has 0 unspecified atom stereocenters. The summed E-state index contributed by atoms with van der Waals surface area (Å²) in [5.74, 6) is 0.679. The van der Waals surface area contributed by atoms with Crippen molar-refractivity contribution in [2.75, 3.05) is 26.3 Å². The van der Waals surface area contributed by atoms with Crippen molar-refractivity contribution in [1.82, 2.24) is 9.88 Å². The molecule has 0 N–H and O–H groups in total. The van der Waals surface area contributed by atoms with Crippen molar-refractivity contribution in [3.63, 3.8) is 0 Å². The zero-order chi connectivity index (χ0) is 16.2. The predicted molar refractivity (Wildman–Crippen MR) is 93.7 cm³/mol. The van der Waals surface area contributed by atoms with Crippen LogP contribution in [0.2, 0.25) is 0 Å². The van der Waals surface area contributed by atoms with Gasteiger partial charge >= 0.3 is 0 Å². The Bertz CT molecular complexity index is 510. The lowest BCUT2D eigenvalue weighted by molar-refractivity contribution is -0.0828. The molecule has 4 nitrogen and oxygen atoms in total. The lowest BCUT2D eigenvalue weighted by Gasteiger charge is -2.47. The molecule has 1 aromatic rings. The number of aromatic nitrogens is 1. The smallest absolute Gasteiger partial charge is 0.0736 e. The van der Waals surface area contributed by atoms with E-state index in [1.165, 1.54) is 57.2 Å². The molecule has 0 radical (unpaired) electrons. The van der Waals surface area contributed by atoms with Gasteiger partial charge in [0.15, 0.2) is 0 Å². The first-order valence-corrected chi connectivity index (χ1v) is 9.70. The third-order valence-corrected chi connectivity index (χ3v) is 6.46. The molecule has 4 rings (SSSR count). The van der Waals surface area contributed by atoms with Crippen LogP contribution >= 0.6 is 0 Å². The molecule has 0 bridgehead atoms. The van der Waals surface area contributed by atoms with E-state index in [0.717, 1.165) is 25.7 Å². The van der Waals surface area contributed by atoms with E-state index in [2.05, 4.69) is 9.88 Å². The Hall–Kier alpha value is -0.970. The number of pyridine rings is 1. The van der Waals surface area contributed by atoms with Crippen LogP contribution in [0.25, 0.3) is 0 Å². The van der Waals surface area contributed by atoms with E-state index in [-0.39, 0.29) is 5.60 Å². The molecular formula is C20H30N2O2. The average Bonchev–Trinajstić information content (AvgIpc) is 2.96. The molecule has 3 fully saturated rings. The van der Waals surface area contributed by atoms with Gasteiger partial charge in [0.05, 0.1) is 12.2 Å². The number of rotatable bonds is 6. The van der Waals surface area contributed by atoms with Gasteiger partial charge < -0.3 is 14.4 Å². The lowest BCUT2D eigenvalue weighted by atomic mass is 9.77. The molecule has 24 heavy (non-hydrogen) atoms. The molecule has 1 saturated carbocycles. The van der Waals surface area contributed by atoms with Crippen LogP contribution in [0.4, 0.5) is 0 Å². The fourth-order valence-electron chi connectivity index (χ4n) is 4.66. The molecule has 1 spiro atoms. The molecule has 0 aromatic carbocycles. The molecular weight excluding hydrogens is 300 g/mol. The van der Waals surface area contributed by atoms with E-state index in [0.29, 0.717) is 12.5 Å². The summed E-state index contributed by atoms with van der Waals surface area (Å²) in [5.41, 5.74) is 1.36. The first-order chi connectivity index (χ1) is 11.9. The number of hydrogen-bond donors (Lipinski definition) is 0. The zero-order valence-corrected chi connectivity index (χ0v) is 14.7. The monoisotopic (exact) mass is 330 g/mol. The van der Waals surface area contributed by atoms with Gasteiger partial charge in [-0.15, -0.1) is 0 Å². The summed E-state index contributed by atoms with van der Waals surface area (Å²) in [5, 5.41) is 0. The number of piperidine rings is 1. The third kappa shape index (κ3) is 3.51. The highest BCUT2D eigenvalue weighted by Gasteiger charge is 2.46. The minimum absolute atomic E-state index is 0.153. The van der Waals surface area contributed by atoms with Crippen LogP contribution < -0.4 is 0 Å². The summed E-state index contributed by atoms with van der Waals surface area (Å²) in [6.45, 7) is 4.94. The second-order valence-electron chi connectivity index (χ2n) is 7.72. The number of ether oxygens (including phenoxy) is 2. The van der Waals surface area contributed by atoms with Crippen LogP contribution in [0.15, 0.2) is 24.5 Å². The van der Waals surface area contributed by atoms with Gasteiger partial charge in [0.2, 0.25) is 0 Å². The van der Waals surface area contributed by atoms with Gasteiger partial charge in [-0.1, -0.05) is 6.42 Å². The van der Waals surface area contributed by atoms with Gasteiger partial charge in [0.25, 0.3) is 0 Å². The van der Waals surface area contributed by atoms with Gasteiger partial charge in [0, 0.05) is 44.7 Å². The molecule has 4 heteroatoms. The summed E-state index contributed by atoms with van der Waals surface area (Å²) >= 11 is 0. The second kappa shape index (κ2) is 7.51. The summed E-state index contributed by atoms with van der Waals surface area (Å²) in [6, 6.07) is 4.93. The van der Waals surface area contributed by atoms with Gasteiger partial charge in [-0.2, -0.15) is 0 Å². The summed E-state index contributed by atoms with van der Waals surface area (Å²) in [7, 11) is 0. The van der Waals surface area contributed by atoms with Crippen LogP contribution in [-0.4, -0.2) is 47.8 Å². The van der Waals surface area contributed by atoms with Crippen molar-refractivity contribution in [3.05, 3.63) is 30.1 Å². The second-order valence-corrected chi connectivity index (χ2v) is 7.72. The Morgan fingerprint density at radius 2 is 1.96 bits per heavy atom. The Kier molecular flexibility index (Phi) is 5.16. The SMILES string of the molecule is c1cc(COCC[C@@H]2CCOC23CCN(C2CCC2)CC3)ccn1. The largest absolute Gasteiger partial charge is 0.377 e. The highest BCUT2D eigenvalue weighted by atomic mass is 16.5. The van der Waals surface area contributed by atoms with E-state index < -0.39 is 0 Å². The Labute approximate surface area is 145 Å². The highest BCUT2D eigenvalue weighted by molar-refractivity contribution is 5.07. The molecule has 3 heterocycles. The molecule has 1 aliphatic carbocycles. The summed E-state index contributed by atoms with van der Waals surface area (Å²) in [4.78, 5) is 6.76. The Morgan fingerprint density at radius 3 is 2.67 bits per heavy atom. The fraction of sp³-hybridized carbons (Fsp3) is 0.750. The molecule has 3 aliphatic rings. The van der Waals surface area contributed by atoms with Crippen molar-refractivity contribution in [1.29, 1.82) is 0 Å². The predicted octanol–water partition coefficient (Wildman–Crippen LogP) is 3.41. The van der Waals surface area contributed by atoms with Crippen LogP contribution in [0, 0.1) is 5.92 Å². The lowest BCUT2D eigenvalue weighted by Crippen LogP contribution is -2.52. The zero-order valence-electron chi connectivity index (χ0n) is 14.7. The quantitative estimate of drug-likeness (QED) is 0.749. The van der Waals surface area contributed by atoms with E-state index in [1.54, 1.807) is 0 Å². The molecule has 2 saturated heterocycles. The first-order valence-electron chi connectivity index (χ1n) is 9.70. The number of nitrogens with zero attached hydrogens (tertiary/aromatic N) is 2. The molecule has 2 aliphatic heterocycles. The van der Waals surface area contributed by atoms with Crippen molar-refractivity contribution in [3.8, 4) is 0 Å². The van der Waals surface area contributed by atoms with Gasteiger partial charge in [-0.05, 0) is 62.1 Å². The molecule has 1 aromatic heterocycles. The fourth-order valence-corrected chi connectivity index (χ4v) is 4.66. The minimum Gasteiger partial charge on any atom is -0.377 e. The molecule has 0 amide bonds. The van der Waals surface area contributed by atoms with Gasteiger partial charge in [-0.3, -0.25) is 4.98 Å². The standard InChI is InChI=1S/C20H30N2O2/c1-2-19(3-1)22-12-8-20(9-13-22)18(7-15-24-20)6-14-23-16-17-4-10-21-11-5-17/h4-5,10-11,18-19H,1-3,6-9,12-16H2/t18-/m1/s1. The first kappa shape index (κ1) is 16.5. The number of hydrogen-bond acceptors (Lipinski definition) is 4. The van der Waals surface area contributed by atoms with E-state index in [1.807, 2.05) is 24.5 Å². The third-order valence-electron chi connectivity index (χ3n) is 6.46. The Balaban J connectivity index is 1.23. The normalized spacial score (nSPS) is 27.4. The van der Waals surface area contributed by atoms with Crippen molar-refractivity contribution >= 4 is 0 Å². The van der Waals surface area contributed by atoms with Gasteiger partial charge in [-0.25, -0.2) is 0 Å². The topological polar surface area (TPSA) is 34.6 Å². The summed E-state index contributed by atoms with van der Waals surface area (Å²) < 4.78 is 12.2. The summed E-state index contributed by atoms with van der Waals surface area (Å²) in [6.07, 6.45) is 12.7. The van der Waals surface area contributed by atoms with Gasteiger partial charge in [0.1, 0.15) is 0 Å². The Morgan fingerprint density at radius 1 is 1.17 bits per heavy atom. The van der Waals surface area contributed by atoms with Crippen molar-refractivity contribution < 1.29 is 9.47 Å². The minimum atomic E-state index is 0.153. The van der Waals surface area contributed by atoms with E-state index in [4.69, 9.17) is 9.47 Å². The molecule has 132 valence electrons. The number of likely N-dealkylation sites (tertiary alicyclic amines) is 1. The maximum Gasteiger partial charge on any atom is 0.0736 e. The van der Waals surface area contributed by atoms with E-state index >= 15 is 0 Å².